The van der Waals surface area contributed by atoms with Gasteiger partial charge in [-0.05, 0) is 25.1 Å². The Bertz CT molecular complexity index is 636. The third-order valence-corrected chi connectivity index (χ3v) is 2.46. The van der Waals surface area contributed by atoms with E-state index < -0.39 is 5.91 Å². The molecule has 0 bridgehead atoms. The highest BCUT2D eigenvalue weighted by atomic mass is 16.5. The standard InChI is InChI=1S/C13H14N4O3/c1-8-6-11(20-17-8)12(18)15-9-4-3-5-10(7-9)16-13(19)14-2/h3-7H,1-2H3,(H,15,18)(H2,14,16,19). The number of urea groups is 1. The molecule has 0 saturated heterocycles. The molecule has 2 aromatic rings. The van der Waals surface area contributed by atoms with Crippen molar-refractivity contribution in [2.24, 2.45) is 0 Å². The zero-order chi connectivity index (χ0) is 14.5. The van der Waals surface area contributed by atoms with Gasteiger partial charge in [0.1, 0.15) is 0 Å². The van der Waals surface area contributed by atoms with Crippen molar-refractivity contribution in [1.82, 2.24) is 10.5 Å². The number of benzene rings is 1. The van der Waals surface area contributed by atoms with E-state index in [9.17, 15) is 9.59 Å². The average molecular weight is 274 g/mol. The first kappa shape index (κ1) is 13.6. The van der Waals surface area contributed by atoms with Gasteiger partial charge in [0.05, 0.1) is 5.69 Å². The normalized spacial score (nSPS) is 9.90. The van der Waals surface area contributed by atoms with Crippen LogP contribution in [-0.2, 0) is 0 Å². The van der Waals surface area contributed by atoms with Gasteiger partial charge in [0.2, 0.25) is 5.76 Å². The first-order valence-electron chi connectivity index (χ1n) is 5.92. The Hall–Kier alpha value is -2.83. The largest absolute Gasteiger partial charge is 0.351 e. The molecule has 0 aliphatic heterocycles. The fourth-order valence-corrected chi connectivity index (χ4v) is 1.53. The fraction of sp³-hybridized carbons (Fsp3) is 0.154. The Kier molecular flexibility index (Phi) is 3.99. The van der Waals surface area contributed by atoms with Gasteiger partial charge < -0.3 is 20.5 Å². The Labute approximate surface area is 115 Å². The lowest BCUT2D eigenvalue weighted by Crippen LogP contribution is -2.24. The van der Waals surface area contributed by atoms with E-state index in [4.69, 9.17) is 4.52 Å². The number of anilines is 2. The van der Waals surface area contributed by atoms with E-state index in [-0.39, 0.29) is 11.8 Å². The summed E-state index contributed by atoms with van der Waals surface area (Å²) in [5.74, 6) is -0.269. The van der Waals surface area contributed by atoms with E-state index in [1.165, 1.54) is 7.05 Å². The van der Waals surface area contributed by atoms with Crippen LogP contribution in [0.4, 0.5) is 16.2 Å². The van der Waals surface area contributed by atoms with Crippen LogP contribution in [0.3, 0.4) is 0 Å². The highest BCUT2D eigenvalue weighted by Gasteiger charge is 2.12. The van der Waals surface area contributed by atoms with E-state index in [0.717, 1.165) is 0 Å². The second-order valence-electron chi connectivity index (χ2n) is 4.07. The van der Waals surface area contributed by atoms with Crippen molar-refractivity contribution in [3.8, 4) is 0 Å². The quantitative estimate of drug-likeness (QED) is 0.797. The van der Waals surface area contributed by atoms with Crippen molar-refractivity contribution < 1.29 is 14.1 Å². The summed E-state index contributed by atoms with van der Waals surface area (Å²) in [6.07, 6.45) is 0. The van der Waals surface area contributed by atoms with Crippen molar-refractivity contribution in [2.75, 3.05) is 17.7 Å². The Morgan fingerprint density at radius 1 is 1.15 bits per heavy atom. The van der Waals surface area contributed by atoms with Gasteiger partial charge in [-0.2, -0.15) is 0 Å². The average Bonchev–Trinajstić information content (AvgIpc) is 2.86. The third kappa shape index (κ3) is 3.35. The maximum absolute atomic E-state index is 11.9. The molecule has 3 amide bonds. The first-order chi connectivity index (χ1) is 9.58. The predicted molar refractivity (Wildman–Crippen MR) is 73.7 cm³/mol. The van der Waals surface area contributed by atoms with Crippen LogP contribution in [-0.4, -0.2) is 24.1 Å². The second-order valence-corrected chi connectivity index (χ2v) is 4.07. The number of hydrogen-bond acceptors (Lipinski definition) is 4. The maximum atomic E-state index is 11.9. The van der Waals surface area contributed by atoms with Gasteiger partial charge in [0, 0.05) is 24.5 Å². The molecule has 0 atom stereocenters. The summed E-state index contributed by atoms with van der Waals surface area (Å²) in [5.41, 5.74) is 1.74. The van der Waals surface area contributed by atoms with Crippen LogP contribution in [0.2, 0.25) is 0 Å². The van der Waals surface area contributed by atoms with Crippen molar-refractivity contribution in [2.45, 2.75) is 6.92 Å². The molecule has 20 heavy (non-hydrogen) atoms. The summed E-state index contributed by atoms with van der Waals surface area (Å²) >= 11 is 0. The molecule has 1 aromatic heterocycles. The summed E-state index contributed by atoms with van der Waals surface area (Å²) in [4.78, 5) is 23.1. The molecule has 7 heteroatoms. The molecule has 104 valence electrons. The van der Waals surface area contributed by atoms with E-state index in [0.29, 0.717) is 17.1 Å². The van der Waals surface area contributed by atoms with Gasteiger partial charge in [0.25, 0.3) is 5.91 Å². The first-order valence-corrected chi connectivity index (χ1v) is 5.92. The molecule has 0 unspecified atom stereocenters. The molecule has 0 spiro atoms. The second kappa shape index (κ2) is 5.87. The van der Waals surface area contributed by atoms with Crippen LogP contribution in [0.1, 0.15) is 16.2 Å². The smallest absolute Gasteiger partial charge is 0.318 e. The molecule has 1 heterocycles. The minimum atomic E-state index is -0.400. The van der Waals surface area contributed by atoms with Crippen LogP contribution in [0.25, 0.3) is 0 Å². The highest BCUT2D eigenvalue weighted by Crippen LogP contribution is 2.16. The molecule has 1 aromatic carbocycles. The summed E-state index contributed by atoms with van der Waals surface area (Å²) in [6.45, 7) is 1.73. The molecule has 2 rings (SSSR count). The maximum Gasteiger partial charge on any atom is 0.318 e. The minimum Gasteiger partial charge on any atom is -0.351 e. The van der Waals surface area contributed by atoms with E-state index in [2.05, 4.69) is 21.1 Å². The monoisotopic (exact) mass is 274 g/mol. The number of hydrogen-bond donors (Lipinski definition) is 3. The van der Waals surface area contributed by atoms with Crippen molar-refractivity contribution >= 4 is 23.3 Å². The summed E-state index contributed by atoms with van der Waals surface area (Å²) in [7, 11) is 1.52. The van der Waals surface area contributed by atoms with E-state index in [1.54, 1.807) is 37.3 Å². The number of aryl methyl sites for hydroxylation is 1. The summed E-state index contributed by atoms with van der Waals surface area (Å²) in [5, 5.41) is 11.4. The van der Waals surface area contributed by atoms with Gasteiger partial charge >= 0.3 is 6.03 Å². The molecule has 0 fully saturated rings. The number of aromatic nitrogens is 1. The van der Waals surface area contributed by atoms with Crippen molar-refractivity contribution in [1.29, 1.82) is 0 Å². The molecular weight excluding hydrogens is 260 g/mol. The van der Waals surface area contributed by atoms with Gasteiger partial charge in [-0.15, -0.1) is 0 Å². The number of nitrogens with one attached hydrogen (secondary N) is 3. The Morgan fingerprint density at radius 3 is 2.45 bits per heavy atom. The van der Waals surface area contributed by atoms with Gasteiger partial charge in [-0.1, -0.05) is 11.2 Å². The highest BCUT2D eigenvalue weighted by molar-refractivity contribution is 6.02. The number of amides is 3. The Morgan fingerprint density at radius 2 is 1.85 bits per heavy atom. The van der Waals surface area contributed by atoms with Crippen LogP contribution in [0.15, 0.2) is 34.9 Å². The zero-order valence-electron chi connectivity index (χ0n) is 11.1. The third-order valence-electron chi connectivity index (χ3n) is 2.46. The number of carbonyl (C=O) groups excluding carboxylic acids is 2. The summed E-state index contributed by atoms with van der Waals surface area (Å²) < 4.78 is 4.87. The minimum absolute atomic E-state index is 0.132. The number of nitrogens with zero attached hydrogens (tertiary/aromatic N) is 1. The van der Waals surface area contributed by atoms with Gasteiger partial charge in [-0.25, -0.2) is 4.79 Å². The van der Waals surface area contributed by atoms with E-state index in [1.807, 2.05) is 0 Å². The molecule has 0 saturated carbocycles. The summed E-state index contributed by atoms with van der Waals surface area (Å²) in [6, 6.07) is 7.98. The SMILES string of the molecule is CNC(=O)Nc1cccc(NC(=O)c2cc(C)no2)c1. The topological polar surface area (TPSA) is 96.3 Å². The predicted octanol–water partition coefficient (Wildman–Crippen LogP) is 1.99. The van der Waals surface area contributed by atoms with Gasteiger partial charge in [-0.3, -0.25) is 4.79 Å². The lowest BCUT2D eigenvalue weighted by molar-refractivity contribution is 0.0988. The van der Waals surface area contributed by atoms with Gasteiger partial charge in [0.15, 0.2) is 0 Å². The van der Waals surface area contributed by atoms with Crippen molar-refractivity contribution in [3.05, 3.63) is 41.8 Å². The van der Waals surface area contributed by atoms with E-state index >= 15 is 0 Å². The number of carbonyl (C=O) groups is 2. The number of rotatable bonds is 3. The molecule has 0 aliphatic rings. The molecular formula is C13H14N4O3. The molecule has 7 nitrogen and oxygen atoms in total. The van der Waals surface area contributed by atoms with Crippen LogP contribution in [0.5, 0.6) is 0 Å². The van der Waals surface area contributed by atoms with Crippen LogP contribution >= 0.6 is 0 Å². The fourth-order valence-electron chi connectivity index (χ4n) is 1.53. The Balaban J connectivity index is 2.08. The lowest BCUT2D eigenvalue weighted by Gasteiger charge is -2.07. The van der Waals surface area contributed by atoms with Crippen LogP contribution < -0.4 is 16.0 Å². The molecule has 3 N–H and O–H groups in total. The lowest BCUT2D eigenvalue weighted by atomic mass is 10.2. The van der Waals surface area contributed by atoms with Crippen molar-refractivity contribution in [3.63, 3.8) is 0 Å². The van der Waals surface area contributed by atoms with Crippen LogP contribution in [0, 0.1) is 6.92 Å². The molecule has 0 radical (unpaired) electrons. The molecule has 0 aliphatic carbocycles. The zero-order valence-corrected chi connectivity index (χ0v) is 11.1.